The number of pyridine rings is 1. The first-order valence-corrected chi connectivity index (χ1v) is 6.88. The van der Waals surface area contributed by atoms with Gasteiger partial charge in [-0.15, -0.1) is 0 Å². The van der Waals surface area contributed by atoms with Crippen LogP contribution < -0.4 is 5.32 Å². The monoisotopic (exact) mass is 283 g/mol. The molecule has 0 radical (unpaired) electrons. The molecule has 0 atom stereocenters. The summed E-state index contributed by atoms with van der Waals surface area (Å²) in [5.41, 5.74) is -0.413. The lowest BCUT2D eigenvalue weighted by Crippen LogP contribution is -2.19. The highest BCUT2D eigenvalue weighted by atomic mass is 32.2. The van der Waals surface area contributed by atoms with Gasteiger partial charge >= 0.3 is 11.7 Å². The van der Waals surface area contributed by atoms with Crippen molar-refractivity contribution in [1.29, 1.82) is 0 Å². The number of hydrogen-bond acceptors (Lipinski definition) is 6. The van der Waals surface area contributed by atoms with E-state index in [0.29, 0.717) is 6.54 Å². The van der Waals surface area contributed by atoms with Crippen LogP contribution in [-0.2, 0) is 0 Å². The van der Waals surface area contributed by atoms with Gasteiger partial charge in [-0.2, -0.15) is 11.8 Å². The third-order valence-electron chi connectivity index (χ3n) is 3.11. The normalized spacial score (nSPS) is 15.8. The quantitative estimate of drug-likeness (QED) is 0.607. The van der Waals surface area contributed by atoms with Crippen molar-refractivity contribution in [3.8, 4) is 0 Å². The topological polar surface area (TPSA) is 105 Å². The van der Waals surface area contributed by atoms with Gasteiger partial charge in [-0.25, -0.2) is 9.78 Å². The number of hydrogen-bond donors (Lipinski definition) is 2. The second-order valence-electron chi connectivity index (χ2n) is 4.37. The number of nitrogens with one attached hydrogen (secondary N) is 1. The van der Waals surface area contributed by atoms with E-state index in [0.717, 1.165) is 25.0 Å². The van der Waals surface area contributed by atoms with Crippen molar-refractivity contribution >= 4 is 29.2 Å². The van der Waals surface area contributed by atoms with Crippen LogP contribution in [0.15, 0.2) is 12.1 Å². The van der Waals surface area contributed by atoms with Gasteiger partial charge in [0.25, 0.3) is 0 Å². The molecule has 7 nitrogen and oxygen atoms in total. The van der Waals surface area contributed by atoms with E-state index in [1.807, 2.05) is 6.26 Å². The zero-order valence-electron chi connectivity index (χ0n) is 10.3. The third kappa shape index (κ3) is 2.95. The van der Waals surface area contributed by atoms with Gasteiger partial charge in [-0.05, 0) is 25.2 Å². The van der Waals surface area contributed by atoms with E-state index >= 15 is 0 Å². The fourth-order valence-corrected chi connectivity index (χ4v) is 2.41. The Morgan fingerprint density at radius 3 is 2.79 bits per heavy atom. The van der Waals surface area contributed by atoms with Crippen molar-refractivity contribution in [2.24, 2.45) is 0 Å². The molecule has 0 unspecified atom stereocenters. The first-order valence-electron chi connectivity index (χ1n) is 5.65. The van der Waals surface area contributed by atoms with Crippen LogP contribution in [0, 0.1) is 10.1 Å². The molecule has 8 heteroatoms. The molecule has 0 bridgehead atoms. The molecule has 2 N–H and O–H groups in total. The molecule has 2 rings (SSSR count). The fourth-order valence-electron chi connectivity index (χ4n) is 1.69. The molecule has 0 amide bonds. The molecule has 0 saturated heterocycles. The number of carboxylic acid groups (broad SMARTS) is 1. The largest absolute Gasteiger partial charge is 0.477 e. The van der Waals surface area contributed by atoms with E-state index in [-0.39, 0.29) is 21.9 Å². The predicted molar refractivity (Wildman–Crippen MR) is 71.8 cm³/mol. The Balaban J connectivity index is 2.22. The zero-order valence-corrected chi connectivity index (χ0v) is 11.1. The standard InChI is InChI=1S/C11H13N3O4S/c1-19-11(4-5-11)6-12-9-8(14(17)18)3-2-7(13-9)10(15)16/h2-3H,4-6H2,1H3,(H,12,13)(H,15,16). The van der Waals surface area contributed by atoms with Gasteiger partial charge in [0.2, 0.25) is 5.82 Å². The Morgan fingerprint density at radius 1 is 1.63 bits per heavy atom. The number of carboxylic acids is 1. The SMILES string of the molecule is CSC1(CNc2nc(C(=O)O)ccc2[N+](=O)[O-])CC1. The molecule has 1 aliphatic carbocycles. The summed E-state index contributed by atoms with van der Waals surface area (Å²) in [6.45, 7) is 0.547. The summed E-state index contributed by atoms with van der Waals surface area (Å²) in [5, 5.41) is 22.7. The molecule has 1 saturated carbocycles. The summed E-state index contributed by atoms with van der Waals surface area (Å²) >= 11 is 1.71. The summed E-state index contributed by atoms with van der Waals surface area (Å²) < 4.78 is 0.106. The second kappa shape index (κ2) is 5.04. The van der Waals surface area contributed by atoms with E-state index in [2.05, 4.69) is 10.3 Å². The van der Waals surface area contributed by atoms with Crippen LogP contribution in [0.5, 0.6) is 0 Å². The average Bonchev–Trinajstić information content (AvgIpc) is 3.16. The lowest BCUT2D eigenvalue weighted by atomic mass is 10.3. The van der Waals surface area contributed by atoms with Crippen LogP contribution in [0.25, 0.3) is 0 Å². The Labute approximate surface area is 113 Å². The van der Waals surface area contributed by atoms with Gasteiger partial charge < -0.3 is 10.4 Å². The number of rotatable bonds is 6. The molecule has 1 fully saturated rings. The average molecular weight is 283 g/mol. The highest BCUT2D eigenvalue weighted by molar-refractivity contribution is 8.00. The van der Waals surface area contributed by atoms with Gasteiger partial charge in [-0.3, -0.25) is 10.1 Å². The third-order valence-corrected chi connectivity index (χ3v) is 4.53. The van der Waals surface area contributed by atoms with E-state index in [1.54, 1.807) is 11.8 Å². The predicted octanol–water partition coefficient (Wildman–Crippen LogP) is 2.00. The Hall–Kier alpha value is -1.83. The van der Waals surface area contributed by atoms with Crippen molar-refractivity contribution < 1.29 is 14.8 Å². The van der Waals surface area contributed by atoms with E-state index in [9.17, 15) is 14.9 Å². The molecular weight excluding hydrogens is 270 g/mol. The number of aromatic carboxylic acids is 1. The number of anilines is 1. The number of thioether (sulfide) groups is 1. The first-order chi connectivity index (χ1) is 8.97. The van der Waals surface area contributed by atoms with Crippen LogP contribution in [-0.4, -0.2) is 38.5 Å². The summed E-state index contributed by atoms with van der Waals surface area (Å²) in [6, 6.07) is 2.30. The number of carbonyl (C=O) groups is 1. The first kappa shape index (κ1) is 13.6. The molecule has 0 aromatic carbocycles. The summed E-state index contributed by atoms with van der Waals surface area (Å²) in [7, 11) is 0. The highest BCUT2D eigenvalue weighted by Gasteiger charge is 2.42. The van der Waals surface area contributed by atoms with Crippen molar-refractivity contribution in [3.63, 3.8) is 0 Å². The lowest BCUT2D eigenvalue weighted by Gasteiger charge is -2.13. The summed E-state index contributed by atoms with van der Waals surface area (Å²) in [5.74, 6) is -1.19. The van der Waals surface area contributed by atoms with Crippen molar-refractivity contribution in [3.05, 3.63) is 27.9 Å². The van der Waals surface area contributed by atoms with Crippen LogP contribution >= 0.6 is 11.8 Å². The number of nitro groups is 1. The molecule has 0 spiro atoms. The maximum atomic E-state index is 10.9. The van der Waals surface area contributed by atoms with Crippen molar-refractivity contribution in [2.45, 2.75) is 17.6 Å². The maximum absolute atomic E-state index is 10.9. The zero-order chi connectivity index (χ0) is 14.0. The van der Waals surface area contributed by atoms with Gasteiger partial charge in [0.15, 0.2) is 5.69 Å². The molecule has 102 valence electrons. The van der Waals surface area contributed by atoms with Gasteiger partial charge in [0, 0.05) is 17.4 Å². The maximum Gasteiger partial charge on any atom is 0.354 e. The Morgan fingerprint density at radius 2 is 2.32 bits per heavy atom. The van der Waals surface area contributed by atoms with Crippen molar-refractivity contribution in [2.75, 3.05) is 18.1 Å². The van der Waals surface area contributed by atoms with Gasteiger partial charge in [0.05, 0.1) is 4.92 Å². The summed E-state index contributed by atoms with van der Waals surface area (Å²) in [6.07, 6.45) is 4.09. The molecule has 1 aromatic heterocycles. The Bertz CT molecular complexity index is 531. The smallest absolute Gasteiger partial charge is 0.354 e. The second-order valence-corrected chi connectivity index (χ2v) is 5.64. The number of nitrogens with zero attached hydrogens (tertiary/aromatic N) is 2. The summed E-state index contributed by atoms with van der Waals surface area (Å²) in [4.78, 5) is 25.0. The minimum atomic E-state index is -1.20. The molecule has 0 aliphatic heterocycles. The number of aromatic nitrogens is 1. The van der Waals surface area contributed by atoms with Crippen LogP contribution in [0.3, 0.4) is 0 Å². The van der Waals surface area contributed by atoms with Crippen LogP contribution in [0.4, 0.5) is 11.5 Å². The fraction of sp³-hybridized carbons (Fsp3) is 0.455. The van der Waals surface area contributed by atoms with Gasteiger partial charge in [-0.1, -0.05) is 0 Å². The molecule has 1 aliphatic rings. The molecule has 1 heterocycles. The minimum Gasteiger partial charge on any atom is -0.477 e. The molecular formula is C11H13N3O4S. The van der Waals surface area contributed by atoms with Crippen LogP contribution in [0.1, 0.15) is 23.3 Å². The lowest BCUT2D eigenvalue weighted by molar-refractivity contribution is -0.384. The molecule has 19 heavy (non-hydrogen) atoms. The van der Waals surface area contributed by atoms with Gasteiger partial charge in [0.1, 0.15) is 0 Å². The minimum absolute atomic E-state index is 0.0187. The van der Waals surface area contributed by atoms with E-state index in [1.165, 1.54) is 0 Å². The Kier molecular flexibility index (Phi) is 3.61. The van der Waals surface area contributed by atoms with Crippen LogP contribution in [0.2, 0.25) is 0 Å². The van der Waals surface area contributed by atoms with E-state index < -0.39 is 10.9 Å². The van der Waals surface area contributed by atoms with Crippen molar-refractivity contribution in [1.82, 2.24) is 4.98 Å². The molecule has 1 aromatic rings. The highest BCUT2D eigenvalue weighted by Crippen LogP contribution is 2.47. The van der Waals surface area contributed by atoms with E-state index in [4.69, 9.17) is 5.11 Å².